The highest BCUT2D eigenvalue weighted by molar-refractivity contribution is 9.10. The van der Waals surface area contributed by atoms with Crippen LogP contribution in [0.5, 0.6) is 0 Å². The minimum absolute atomic E-state index is 0.0754. The molecule has 7 heteroatoms. The van der Waals surface area contributed by atoms with Gasteiger partial charge >= 0.3 is 0 Å². The zero-order chi connectivity index (χ0) is 11.5. The molecule has 0 atom stereocenters. The van der Waals surface area contributed by atoms with E-state index < -0.39 is 9.84 Å². The first-order valence-electron chi connectivity index (χ1n) is 4.28. The van der Waals surface area contributed by atoms with Gasteiger partial charge in [-0.3, -0.25) is 9.36 Å². The van der Waals surface area contributed by atoms with Crippen LogP contribution in [0.2, 0.25) is 0 Å². The molecule has 0 saturated carbocycles. The fraction of sp³-hybridized carbons (Fsp3) is 0.500. The van der Waals surface area contributed by atoms with Crippen LogP contribution >= 0.6 is 15.9 Å². The minimum Gasteiger partial charge on any atom is -0.298 e. The molecule has 0 amide bonds. The van der Waals surface area contributed by atoms with Gasteiger partial charge in [0.05, 0.1) is 12.1 Å². The van der Waals surface area contributed by atoms with Gasteiger partial charge in [-0.25, -0.2) is 13.4 Å². The monoisotopic (exact) mass is 294 g/mol. The highest BCUT2D eigenvalue weighted by Crippen LogP contribution is 1.99. The molecule has 0 N–H and O–H groups in total. The van der Waals surface area contributed by atoms with Crippen LogP contribution in [0.25, 0.3) is 0 Å². The van der Waals surface area contributed by atoms with Gasteiger partial charge in [-0.2, -0.15) is 0 Å². The molecule has 0 spiro atoms. The molecule has 0 aliphatic heterocycles. The molecule has 0 saturated heterocycles. The summed E-state index contributed by atoms with van der Waals surface area (Å²) in [7, 11) is -2.96. The van der Waals surface area contributed by atoms with Gasteiger partial charge in [-0.05, 0) is 22.4 Å². The first kappa shape index (κ1) is 12.4. The summed E-state index contributed by atoms with van der Waals surface area (Å²) in [6.45, 7) is 0.359. The summed E-state index contributed by atoms with van der Waals surface area (Å²) in [6.07, 6.45) is 4.40. The molecule has 0 radical (unpaired) electrons. The van der Waals surface area contributed by atoms with Crippen LogP contribution in [0, 0.1) is 0 Å². The van der Waals surface area contributed by atoms with Crippen molar-refractivity contribution < 1.29 is 8.42 Å². The van der Waals surface area contributed by atoms with Crippen molar-refractivity contribution in [3.8, 4) is 0 Å². The molecular weight excluding hydrogens is 284 g/mol. The summed E-state index contributed by atoms with van der Waals surface area (Å²) < 4.78 is 23.5. The van der Waals surface area contributed by atoms with E-state index >= 15 is 0 Å². The van der Waals surface area contributed by atoms with Crippen molar-refractivity contribution in [2.24, 2.45) is 0 Å². The van der Waals surface area contributed by atoms with Crippen LogP contribution in [0.4, 0.5) is 0 Å². The van der Waals surface area contributed by atoms with Crippen molar-refractivity contribution in [2.45, 2.75) is 13.0 Å². The van der Waals surface area contributed by atoms with Crippen molar-refractivity contribution in [1.82, 2.24) is 9.55 Å². The average Bonchev–Trinajstić information content (AvgIpc) is 2.10. The van der Waals surface area contributed by atoms with E-state index in [0.717, 1.165) is 0 Å². The molecule has 0 aliphatic carbocycles. The number of nitrogens with zero attached hydrogens (tertiary/aromatic N) is 2. The molecular formula is C8H11BrN2O3S. The second-order valence-electron chi connectivity index (χ2n) is 3.22. The lowest BCUT2D eigenvalue weighted by atomic mass is 10.4. The average molecular weight is 295 g/mol. The van der Waals surface area contributed by atoms with Gasteiger partial charge < -0.3 is 0 Å². The van der Waals surface area contributed by atoms with Gasteiger partial charge in [0.25, 0.3) is 5.56 Å². The van der Waals surface area contributed by atoms with E-state index in [1.54, 1.807) is 0 Å². The van der Waals surface area contributed by atoms with Crippen LogP contribution in [0.15, 0.2) is 21.8 Å². The third-order valence-electron chi connectivity index (χ3n) is 1.77. The quantitative estimate of drug-likeness (QED) is 0.808. The van der Waals surface area contributed by atoms with E-state index in [9.17, 15) is 13.2 Å². The largest absolute Gasteiger partial charge is 0.298 e. The zero-order valence-electron chi connectivity index (χ0n) is 8.18. The van der Waals surface area contributed by atoms with E-state index in [2.05, 4.69) is 20.9 Å². The van der Waals surface area contributed by atoms with E-state index in [1.807, 2.05) is 0 Å². The van der Waals surface area contributed by atoms with Gasteiger partial charge in [-0.1, -0.05) is 0 Å². The van der Waals surface area contributed by atoms with Crippen molar-refractivity contribution in [3.05, 3.63) is 27.4 Å². The van der Waals surface area contributed by atoms with Gasteiger partial charge in [0.2, 0.25) is 0 Å². The molecule has 0 aromatic carbocycles. The highest BCUT2D eigenvalue weighted by atomic mass is 79.9. The standard InChI is InChI=1S/C8H11BrN2O3S/c1-15(13,14)4-2-3-11-6-10-5-7(9)8(11)12/h5-6H,2-4H2,1H3. The number of halogens is 1. The molecule has 5 nitrogen and oxygen atoms in total. The summed E-state index contributed by atoms with van der Waals surface area (Å²) in [4.78, 5) is 15.3. The topological polar surface area (TPSA) is 69.0 Å². The van der Waals surface area contributed by atoms with Gasteiger partial charge in [0, 0.05) is 19.0 Å². The zero-order valence-corrected chi connectivity index (χ0v) is 10.6. The summed E-state index contributed by atoms with van der Waals surface area (Å²) in [5, 5.41) is 0. The van der Waals surface area contributed by atoms with Gasteiger partial charge in [0.15, 0.2) is 0 Å². The summed E-state index contributed by atoms with van der Waals surface area (Å²) in [5.41, 5.74) is -0.196. The maximum absolute atomic E-state index is 11.5. The Morgan fingerprint density at radius 2 is 2.20 bits per heavy atom. The smallest absolute Gasteiger partial charge is 0.267 e. The fourth-order valence-electron chi connectivity index (χ4n) is 1.08. The van der Waals surface area contributed by atoms with Crippen LogP contribution in [-0.4, -0.2) is 30.0 Å². The normalized spacial score (nSPS) is 11.6. The lowest BCUT2D eigenvalue weighted by Crippen LogP contribution is -2.21. The Labute approximate surface area is 96.2 Å². The molecule has 84 valence electrons. The summed E-state index contributed by atoms with van der Waals surface area (Å²) >= 11 is 3.06. The summed E-state index contributed by atoms with van der Waals surface area (Å²) in [5.74, 6) is 0.0754. The third-order valence-corrected chi connectivity index (χ3v) is 3.35. The number of aryl methyl sites for hydroxylation is 1. The van der Waals surface area contributed by atoms with Crippen LogP contribution < -0.4 is 5.56 Å². The van der Waals surface area contributed by atoms with Crippen LogP contribution in [0.3, 0.4) is 0 Å². The van der Waals surface area contributed by atoms with Crippen LogP contribution in [0.1, 0.15) is 6.42 Å². The number of sulfone groups is 1. The predicted octanol–water partition coefficient (Wildman–Crippen LogP) is 0.440. The van der Waals surface area contributed by atoms with E-state index in [4.69, 9.17) is 0 Å². The maximum atomic E-state index is 11.5. The number of rotatable bonds is 4. The Morgan fingerprint density at radius 1 is 1.53 bits per heavy atom. The Kier molecular flexibility index (Phi) is 4.04. The molecule has 0 aliphatic rings. The second-order valence-corrected chi connectivity index (χ2v) is 6.34. The van der Waals surface area contributed by atoms with E-state index in [1.165, 1.54) is 23.3 Å². The van der Waals surface area contributed by atoms with E-state index in [0.29, 0.717) is 17.4 Å². The lowest BCUT2D eigenvalue weighted by Gasteiger charge is -2.03. The number of hydrogen-bond donors (Lipinski definition) is 0. The molecule has 0 bridgehead atoms. The molecule has 15 heavy (non-hydrogen) atoms. The number of aromatic nitrogens is 2. The maximum Gasteiger partial charge on any atom is 0.267 e. The van der Waals surface area contributed by atoms with Gasteiger partial charge in [-0.15, -0.1) is 0 Å². The Bertz CT molecular complexity index is 495. The van der Waals surface area contributed by atoms with E-state index in [-0.39, 0.29) is 11.3 Å². The van der Waals surface area contributed by atoms with Crippen molar-refractivity contribution >= 4 is 25.8 Å². The molecule has 0 unspecified atom stereocenters. The van der Waals surface area contributed by atoms with Crippen molar-refractivity contribution in [1.29, 1.82) is 0 Å². The minimum atomic E-state index is -2.96. The molecule has 1 heterocycles. The van der Waals surface area contributed by atoms with Crippen molar-refractivity contribution in [3.63, 3.8) is 0 Å². The highest BCUT2D eigenvalue weighted by Gasteiger charge is 2.04. The number of hydrogen-bond acceptors (Lipinski definition) is 4. The Morgan fingerprint density at radius 3 is 2.80 bits per heavy atom. The SMILES string of the molecule is CS(=O)(=O)CCCn1cncc(Br)c1=O. The predicted molar refractivity (Wildman–Crippen MR) is 60.5 cm³/mol. The summed E-state index contributed by atoms with van der Waals surface area (Å²) in [6, 6.07) is 0. The molecule has 0 fully saturated rings. The third kappa shape index (κ3) is 4.13. The first-order valence-corrected chi connectivity index (χ1v) is 7.13. The second kappa shape index (κ2) is 4.89. The van der Waals surface area contributed by atoms with Crippen molar-refractivity contribution in [2.75, 3.05) is 12.0 Å². The molecule has 1 rings (SSSR count). The molecule has 1 aromatic rings. The van der Waals surface area contributed by atoms with Crippen LogP contribution in [-0.2, 0) is 16.4 Å². The molecule has 1 aromatic heterocycles. The first-order chi connectivity index (χ1) is 6.90. The lowest BCUT2D eigenvalue weighted by molar-refractivity contribution is 0.587. The fourth-order valence-corrected chi connectivity index (χ4v) is 2.08. The Hall–Kier alpha value is -0.690. The Balaban J connectivity index is 2.67. The van der Waals surface area contributed by atoms with Gasteiger partial charge in [0.1, 0.15) is 14.3 Å².